The number of carbonyl (C=O) groups is 1. The number of nitrogens with two attached hydrogens (primary N) is 1. The first-order valence-corrected chi connectivity index (χ1v) is 3.80. The quantitative estimate of drug-likeness (QED) is 0.583. The van der Waals surface area contributed by atoms with Crippen LogP contribution in [0.1, 0.15) is 26.2 Å². The van der Waals surface area contributed by atoms with Crippen molar-refractivity contribution in [1.29, 1.82) is 0 Å². The zero-order valence-electron chi connectivity index (χ0n) is 6.26. The highest BCUT2D eigenvalue weighted by Crippen LogP contribution is 2.18. The summed E-state index contributed by atoms with van der Waals surface area (Å²) in [6, 6.07) is 0.130. The van der Waals surface area contributed by atoms with Crippen LogP contribution in [0.3, 0.4) is 0 Å². The van der Waals surface area contributed by atoms with Crippen molar-refractivity contribution in [2.24, 2.45) is 5.73 Å². The van der Waals surface area contributed by atoms with Gasteiger partial charge in [-0.2, -0.15) is 0 Å². The summed E-state index contributed by atoms with van der Waals surface area (Å²) < 4.78 is 0. The van der Waals surface area contributed by atoms with Crippen LogP contribution < -0.4 is 11.1 Å². The molecule has 0 radical (unpaired) electrons. The fraction of sp³-hybridized carbons (Fsp3) is 0.857. The molecule has 0 aromatic carbocycles. The summed E-state index contributed by atoms with van der Waals surface area (Å²) in [5.41, 5.74) is 5.48. The lowest BCUT2D eigenvalue weighted by molar-refractivity contribution is -0.122. The summed E-state index contributed by atoms with van der Waals surface area (Å²) in [5.74, 6) is 0.00463. The molecule has 0 aromatic heterocycles. The fourth-order valence-corrected chi connectivity index (χ4v) is 0.721. The van der Waals surface area contributed by atoms with E-state index >= 15 is 0 Å². The minimum atomic E-state index is -0.305. The van der Waals surface area contributed by atoms with E-state index in [0.29, 0.717) is 6.04 Å². The molecule has 1 fully saturated rings. The summed E-state index contributed by atoms with van der Waals surface area (Å²) in [6.07, 6.45) is 2.98. The van der Waals surface area contributed by atoms with Crippen LogP contribution in [0.15, 0.2) is 0 Å². The van der Waals surface area contributed by atoms with Crippen molar-refractivity contribution >= 4 is 5.91 Å². The fourth-order valence-electron chi connectivity index (χ4n) is 0.721. The van der Waals surface area contributed by atoms with Crippen molar-refractivity contribution in [3.05, 3.63) is 0 Å². The van der Waals surface area contributed by atoms with Crippen molar-refractivity contribution in [3.63, 3.8) is 0 Å². The normalized spacial score (nSPS) is 20.2. The van der Waals surface area contributed by atoms with Gasteiger partial charge in [0.2, 0.25) is 5.91 Å². The van der Waals surface area contributed by atoms with Crippen molar-refractivity contribution in [2.75, 3.05) is 0 Å². The molecule has 3 N–H and O–H groups in total. The van der Waals surface area contributed by atoms with E-state index in [4.69, 9.17) is 5.73 Å². The first-order valence-electron chi connectivity index (χ1n) is 3.80. The Labute approximate surface area is 61.0 Å². The van der Waals surface area contributed by atoms with Crippen LogP contribution in [-0.2, 0) is 4.79 Å². The minimum Gasteiger partial charge on any atom is -0.352 e. The second-order valence-electron chi connectivity index (χ2n) is 2.80. The highest BCUT2D eigenvalue weighted by Gasteiger charge is 2.24. The molecule has 1 atom stereocenters. The lowest BCUT2D eigenvalue weighted by Gasteiger charge is -2.07. The van der Waals surface area contributed by atoms with Crippen LogP contribution in [0.2, 0.25) is 0 Å². The first kappa shape index (κ1) is 7.54. The predicted molar refractivity (Wildman–Crippen MR) is 39.4 cm³/mol. The summed E-state index contributed by atoms with van der Waals surface area (Å²) >= 11 is 0. The Hall–Kier alpha value is -0.570. The van der Waals surface area contributed by atoms with Gasteiger partial charge in [0.1, 0.15) is 0 Å². The smallest absolute Gasteiger partial charge is 0.237 e. The molecule has 0 aliphatic heterocycles. The van der Waals surface area contributed by atoms with Gasteiger partial charge in [-0.25, -0.2) is 0 Å². The third kappa shape index (κ3) is 1.99. The number of carbonyl (C=O) groups excluding carboxylic acids is 1. The highest BCUT2D eigenvalue weighted by atomic mass is 16.2. The summed E-state index contributed by atoms with van der Waals surface area (Å²) in [4.78, 5) is 11.0. The zero-order valence-corrected chi connectivity index (χ0v) is 6.26. The summed E-state index contributed by atoms with van der Waals surface area (Å²) in [5, 5.41) is 2.84. The number of hydrogen-bond acceptors (Lipinski definition) is 2. The van der Waals surface area contributed by atoms with Crippen molar-refractivity contribution in [3.8, 4) is 0 Å². The average molecular weight is 142 g/mol. The van der Waals surface area contributed by atoms with E-state index in [1.807, 2.05) is 6.92 Å². The van der Waals surface area contributed by atoms with E-state index in [-0.39, 0.29) is 11.9 Å². The van der Waals surface area contributed by atoms with Gasteiger partial charge in [0, 0.05) is 6.04 Å². The molecule has 0 aromatic rings. The molecule has 1 amide bonds. The van der Waals surface area contributed by atoms with E-state index in [1.54, 1.807) is 0 Å². The molecule has 3 heteroatoms. The molecule has 0 bridgehead atoms. The van der Waals surface area contributed by atoms with Crippen LogP contribution in [0.4, 0.5) is 0 Å². The van der Waals surface area contributed by atoms with Crippen molar-refractivity contribution < 1.29 is 4.79 Å². The number of nitrogens with one attached hydrogen (secondary N) is 1. The third-order valence-corrected chi connectivity index (χ3v) is 1.70. The minimum absolute atomic E-state index is 0.00463. The summed E-state index contributed by atoms with van der Waals surface area (Å²) in [6.45, 7) is 1.91. The van der Waals surface area contributed by atoms with E-state index in [0.717, 1.165) is 19.3 Å². The molecule has 58 valence electrons. The Kier molecular flexibility index (Phi) is 2.27. The van der Waals surface area contributed by atoms with Crippen LogP contribution in [0.5, 0.6) is 0 Å². The molecule has 1 aliphatic carbocycles. The Morgan fingerprint density at radius 2 is 2.40 bits per heavy atom. The third-order valence-electron chi connectivity index (χ3n) is 1.70. The van der Waals surface area contributed by atoms with Gasteiger partial charge in [0.15, 0.2) is 0 Å². The Balaban J connectivity index is 2.18. The molecule has 0 saturated heterocycles. The number of amides is 1. The molecule has 10 heavy (non-hydrogen) atoms. The van der Waals surface area contributed by atoms with Gasteiger partial charge in [-0.3, -0.25) is 4.79 Å². The van der Waals surface area contributed by atoms with Crippen LogP contribution in [0.25, 0.3) is 0 Å². The van der Waals surface area contributed by atoms with Gasteiger partial charge in [-0.05, 0) is 19.3 Å². The van der Waals surface area contributed by atoms with Gasteiger partial charge in [-0.1, -0.05) is 6.92 Å². The molecule has 1 saturated carbocycles. The largest absolute Gasteiger partial charge is 0.352 e. The Bertz CT molecular complexity index is 132. The monoisotopic (exact) mass is 142 g/mol. The molecular formula is C7H14N2O. The molecule has 3 nitrogen and oxygen atoms in total. The average Bonchev–Trinajstić information content (AvgIpc) is 2.70. The van der Waals surface area contributed by atoms with Gasteiger partial charge < -0.3 is 11.1 Å². The number of rotatable bonds is 3. The topological polar surface area (TPSA) is 55.1 Å². The Morgan fingerprint density at radius 3 is 2.80 bits per heavy atom. The van der Waals surface area contributed by atoms with Crippen molar-refractivity contribution in [1.82, 2.24) is 5.32 Å². The first-order chi connectivity index (χ1) is 4.74. The maximum Gasteiger partial charge on any atom is 0.237 e. The predicted octanol–water partition coefficient (Wildman–Crippen LogP) is 0.00230. The van der Waals surface area contributed by atoms with Crippen LogP contribution >= 0.6 is 0 Å². The van der Waals surface area contributed by atoms with E-state index < -0.39 is 0 Å². The maximum atomic E-state index is 11.0. The van der Waals surface area contributed by atoms with E-state index in [1.165, 1.54) is 0 Å². The highest BCUT2D eigenvalue weighted by molar-refractivity contribution is 5.81. The van der Waals surface area contributed by atoms with E-state index in [9.17, 15) is 4.79 Å². The lowest BCUT2D eigenvalue weighted by atomic mass is 10.2. The van der Waals surface area contributed by atoms with E-state index in [2.05, 4.69) is 5.32 Å². The molecule has 0 unspecified atom stereocenters. The molecule has 0 spiro atoms. The van der Waals surface area contributed by atoms with Gasteiger partial charge in [0.25, 0.3) is 0 Å². The van der Waals surface area contributed by atoms with Gasteiger partial charge >= 0.3 is 0 Å². The molecule has 1 rings (SSSR count). The molecule has 0 heterocycles. The second-order valence-corrected chi connectivity index (χ2v) is 2.80. The molecular weight excluding hydrogens is 128 g/mol. The van der Waals surface area contributed by atoms with Gasteiger partial charge in [0.05, 0.1) is 6.04 Å². The second kappa shape index (κ2) is 3.01. The lowest BCUT2D eigenvalue weighted by Crippen LogP contribution is -2.40. The standard InChI is InChI=1S/C7H14N2O/c1-2-6(8)7(10)9-5-3-4-5/h5-6H,2-4,8H2,1H3,(H,9,10)/t6-/m1/s1. The van der Waals surface area contributed by atoms with Crippen LogP contribution in [-0.4, -0.2) is 18.0 Å². The SMILES string of the molecule is CC[C@@H](N)C(=O)NC1CC1. The Morgan fingerprint density at radius 1 is 1.80 bits per heavy atom. The summed E-state index contributed by atoms with van der Waals surface area (Å²) in [7, 11) is 0. The van der Waals surface area contributed by atoms with Crippen molar-refractivity contribution in [2.45, 2.75) is 38.3 Å². The zero-order chi connectivity index (χ0) is 7.56. The molecule has 1 aliphatic rings. The van der Waals surface area contributed by atoms with Gasteiger partial charge in [-0.15, -0.1) is 0 Å². The maximum absolute atomic E-state index is 11.0. The van der Waals surface area contributed by atoms with Crippen LogP contribution in [0, 0.1) is 0 Å². The number of hydrogen-bond donors (Lipinski definition) is 2.